The predicted molar refractivity (Wildman–Crippen MR) is 195 cm³/mol. The van der Waals surface area contributed by atoms with E-state index in [1.54, 1.807) is 54.6 Å². The summed E-state index contributed by atoms with van der Waals surface area (Å²) in [6.45, 7) is 6.13. The number of hydrogen-bond donors (Lipinski definition) is 0. The van der Waals surface area contributed by atoms with Gasteiger partial charge < -0.3 is 28.4 Å². The summed E-state index contributed by atoms with van der Waals surface area (Å²) in [6, 6.07) is 21.3. The molecule has 2 saturated heterocycles. The van der Waals surface area contributed by atoms with E-state index in [1.165, 1.54) is 6.08 Å². The maximum absolute atomic E-state index is 13.2. The van der Waals surface area contributed by atoms with Gasteiger partial charge in [-0.3, -0.25) is 14.4 Å². The van der Waals surface area contributed by atoms with Gasteiger partial charge in [0, 0.05) is 12.5 Å². The summed E-state index contributed by atoms with van der Waals surface area (Å²) < 4.78 is 33.1. The molecule has 0 aliphatic carbocycles. The number of ketones is 2. The van der Waals surface area contributed by atoms with Crippen molar-refractivity contribution < 1.29 is 57.2 Å². The van der Waals surface area contributed by atoms with E-state index in [2.05, 4.69) is 13.2 Å². The topological polar surface area (TPSA) is 158 Å². The molecule has 54 heavy (non-hydrogen) atoms. The first-order valence-electron chi connectivity index (χ1n) is 17.1. The lowest BCUT2D eigenvalue weighted by atomic mass is 10.0. The SMILES string of the molecule is C=CC(=O)COC(=O)/C=C/c1ccc2cc(C(=O)O[C@@H]3COC4C3OC[C@@H]4OC(=O)c3ccc4cc(CCC(=O)OCC(=O)C=C)ccc4c3)ccc2c1. The summed E-state index contributed by atoms with van der Waals surface area (Å²) in [6.07, 6.45) is 2.88. The summed E-state index contributed by atoms with van der Waals surface area (Å²) in [5, 5.41) is 3.27. The number of carbonyl (C=O) groups is 6. The third-order valence-corrected chi connectivity index (χ3v) is 8.94. The Balaban J connectivity index is 0.999. The largest absolute Gasteiger partial charge is 0.457 e. The highest BCUT2D eigenvalue weighted by Gasteiger charge is 2.51. The van der Waals surface area contributed by atoms with Crippen LogP contribution in [0.25, 0.3) is 27.6 Å². The molecule has 2 heterocycles. The number of benzene rings is 4. The average molecular weight is 733 g/mol. The molecule has 4 aromatic rings. The highest BCUT2D eigenvalue weighted by molar-refractivity contribution is 5.98. The van der Waals surface area contributed by atoms with Crippen molar-refractivity contribution in [2.75, 3.05) is 26.4 Å². The number of rotatable bonds is 15. The van der Waals surface area contributed by atoms with Gasteiger partial charge in [-0.1, -0.05) is 55.6 Å². The van der Waals surface area contributed by atoms with E-state index < -0.39 is 54.1 Å². The van der Waals surface area contributed by atoms with E-state index in [9.17, 15) is 28.8 Å². The second-order valence-corrected chi connectivity index (χ2v) is 12.6. The Labute approximate surface area is 309 Å². The zero-order chi connectivity index (χ0) is 38.2. The lowest BCUT2D eigenvalue weighted by molar-refractivity contribution is -0.146. The van der Waals surface area contributed by atoms with Gasteiger partial charge in [-0.25, -0.2) is 14.4 Å². The molecule has 12 nitrogen and oxygen atoms in total. The second-order valence-electron chi connectivity index (χ2n) is 12.6. The molecule has 276 valence electrons. The van der Waals surface area contributed by atoms with Gasteiger partial charge in [0.15, 0.2) is 37.0 Å². The van der Waals surface area contributed by atoms with Gasteiger partial charge in [-0.2, -0.15) is 0 Å². The van der Waals surface area contributed by atoms with Crippen LogP contribution in [0.15, 0.2) is 104 Å². The van der Waals surface area contributed by atoms with Crippen LogP contribution < -0.4 is 0 Å². The van der Waals surface area contributed by atoms with Crippen LogP contribution in [0.2, 0.25) is 0 Å². The molecular weight excluding hydrogens is 696 g/mol. The highest BCUT2D eigenvalue weighted by atomic mass is 16.7. The van der Waals surface area contributed by atoms with Crippen molar-refractivity contribution in [2.24, 2.45) is 0 Å². The summed E-state index contributed by atoms with van der Waals surface area (Å²) in [4.78, 5) is 72.6. The molecule has 6 rings (SSSR count). The highest BCUT2D eigenvalue weighted by Crippen LogP contribution is 2.32. The van der Waals surface area contributed by atoms with Crippen molar-refractivity contribution in [2.45, 2.75) is 37.3 Å². The van der Waals surface area contributed by atoms with Crippen molar-refractivity contribution >= 4 is 63.1 Å². The summed E-state index contributed by atoms with van der Waals surface area (Å²) in [5.74, 6) is -3.01. The van der Waals surface area contributed by atoms with Crippen molar-refractivity contribution in [1.82, 2.24) is 0 Å². The van der Waals surface area contributed by atoms with Crippen LogP contribution in [0.3, 0.4) is 0 Å². The molecule has 2 aliphatic rings. The van der Waals surface area contributed by atoms with Gasteiger partial charge in [-0.05, 0) is 87.7 Å². The van der Waals surface area contributed by atoms with Crippen molar-refractivity contribution in [3.63, 3.8) is 0 Å². The molecule has 0 saturated carbocycles. The number of fused-ring (bicyclic) bond motifs is 3. The van der Waals surface area contributed by atoms with Crippen LogP contribution in [0.4, 0.5) is 0 Å². The Kier molecular flexibility index (Phi) is 11.9. The molecular formula is C42H36O12. The Hall–Kier alpha value is -6.24. The minimum atomic E-state index is -0.706. The van der Waals surface area contributed by atoms with Gasteiger partial charge in [-0.15, -0.1) is 0 Å². The van der Waals surface area contributed by atoms with E-state index in [1.807, 2.05) is 24.3 Å². The molecule has 0 aromatic heterocycles. The summed E-state index contributed by atoms with van der Waals surface area (Å²) in [7, 11) is 0. The first kappa shape index (κ1) is 37.5. The lowest BCUT2D eigenvalue weighted by Gasteiger charge is -2.17. The third-order valence-electron chi connectivity index (χ3n) is 8.94. The Bertz CT molecular complexity index is 2180. The molecule has 4 aromatic carbocycles. The maximum Gasteiger partial charge on any atom is 0.338 e. The van der Waals surface area contributed by atoms with Crippen molar-refractivity contribution in [1.29, 1.82) is 0 Å². The van der Waals surface area contributed by atoms with Crippen LogP contribution in [-0.4, -0.2) is 86.3 Å². The van der Waals surface area contributed by atoms with Crippen LogP contribution >= 0.6 is 0 Å². The molecule has 2 aliphatic heterocycles. The van der Waals surface area contributed by atoms with Crippen LogP contribution in [0.1, 0.15) is 38.3 Å². The first-order chi connectivity index (χ1) is 26.1. The molecule has 2 fully saturated rings. The summed E-state index contributed by atoms with van der Waals surface area (Å²) >= 11 is 0. The van der Waals surface area contributed by atoms with E-state index in [-0.39, 0.29) is 38.6 Å². The van der Waals surface area contributed by atoms with Gasteiger partial charge in [0.1, 0.15) is 12.2 Å². The van der Waals surface area contributed by atoms with Crippen LogP contribution in [-0.2, 0) is 54.0 Å². The van der Waals surface area contributed by atoms with Gasteiger partial charge in [0.2, 0.25) is 0 Å². The number of esters is 4. The zero-order valence-electron chi connectivity index (χ0n) is 29.1. The quantitative estimate of drug-likeness (QED) is 0.0908. The number of ether oxygens (including phenoxy) is 6. The number of carbonyl (C=O) groups excluding carboxylic acids is 6. The van der Waals surface area contributed by atoms with Crippen molar-refractivity contribution in [3.05, 3.63) is 126 Å². The molecule has 0 radical (unpaired) electrons. The fourth-order valence-electron chi connectivity index (χ4n) is 6.06. The fraction of sp³-hybridized carbons (Fsp3) is 0.238. The monoisotopic (exact) mass is 732 g/mol. The van der Waals surface area contributed by atoms with Crippen LogP contribution in [0, 0.1) is 0 Å². The smallest absolute Gasteiger partial charge is 0.338 e. The fourth-order valence-corrected chi connectivity index (χ4v) is 6.06. The van der Waals surface area contributed by atoms with E-state index in [0.717, 1.165) is 44.8 Å². The molecule has 0 amide bonds. The normalized spacial score (nSPS) is 18.9. The Morgan fingerprint density at radius 1 is 0.648 bits per heavy atom. The van der Waals surface area contributed by atoms with Crippen LogP contribution in [0.5, 0.6) is 0 Å². The van der Waals surface area contributed by atoms with Crippen molar-refractivity contribution in [3.8, 4) is 0 Å². The lowest BCUT2D eigenvalue weighted by Crippen LogP contribution is -2.36. The molecule has 12 heteroatoms. The maximum atomic E-state index is 13.2. The standard InChI is InChI=1S/C42H36O12/c1-3-33(43)21-49-37(45)15-7-25-5-9-29-19-31(13-11-27(29)17-25)41(47)53-35-23-51-40-36(24-52-39(35)40)54-42(48)32-14-12-28-18-26(6-10-30(28)20-32)8-16-38(46)50-22-34(44)4-2/h3-7,9-15,17-20,35-36,39-40H,1-2,8,16,21-24H2/b15-7+/t35-,36+,39?,40?/m1/s1. The molecule has 2 unspecified atom stereocenters. The number of aryl methyl sites for hydroxylation is 1. The average Bonchev–Trinajstić information content (AvgIpc) is 3.79. The van der Waals surface area contributed by atoms with Gasteiger partial charge >= 0.3 is 23.9 Å². The summed E-state index contributed by atoms with van der Waals surface area (Å²) in [5.41, 5.74) is 2.29. The molecule has 0 N–H and O–H groups in total. The number of hydrogen-bond acceptors (Lipinski definition) is 12. The molecule has 0 bridgehead atoms. The molecule has 0 spiro atoms. The van der Waals surface area contributed by atoms with E-state index in [4.69, 9.17) is 28.4 Å². The third kappa shape index (κ3) is 9.21. The molecule has 4 atom stereocenters. The Morgan fingerprint density at radius 2 is 1.17 bits per heavy atom. The van der Waals surface area contributed by atoms with E-state index >= 15 is 0 Å². The first-order valence-corrected chi connectivity index (χ1v) is 17.1. The minimum absolute atomic E-state index is 0.0750. The second kappa shape index (κ2) is 17.1. The van der Waals surface area contributed by atoms with Gasteiger partial charge in [0.05, 0.1) is 24.3 Å². The Morgan fingerprint density at radius 3 is 1.76 bits per heavy atom. The minimum Gasteiger partial charge on any atom is -0.457 e. The zero-order valence-corrected chi connectivity index (χ0v) is 29.1. The van der Waals surface area contributed by atoms with E-state index in [0.29, 0.717) is 17.5 Å². The predicted octanol–water partition coefficient (Wildman–Crippen LogP) is 5.08. The van der Waals surface area contributed by atoms with Gasteiger partial charge in [0.25, 0.3) is 0 Å².